The molecule has 0 aliphatic carbocycles. The number of halogens is 1. The van der Waals surface area contributed by atoms with Crippen molar-refractivity contribution >= 4 is 44.4 Å². The van der Waals surface area contributed by atoms with Gasteiger partial charge in [-0.2, -0.15) is 0 Å². The Morgan fingerprint density at radius 2 is 1.92 bits per heavy atom. The summed E-state index contributed by atoms with van der Waals surface area (Å²) in [6, 6.07) is 3.56. The molecule has 4 N–H and O–H groups in total. The average molecular weight is 199 g/mol. The van der Waals surface area contributed by atoms with Gasteiger partial charge in [-0.05, 0) is 12.1 Å². The van der Waals surface area contributed by atoms with Crippen molar-refractivity contribution in [3.05, 3.63) is 22.5 Å². The van der Waals surface area contributed by atoms with Gasteiger partial charge in [0.2, 0.25) is 0 Å². The van der Waals surface area contributed by atoms with Crippen molar-refractivity contribution in [3.8, 4) is 0 Å². The summed E-state index contributed by atoms with van der Waals surface area (Å²) in [6.07, 6.45) is 0. The van der Waals surface area contributed by atoms with Gasteiger partial charge in [0.15, 0.2) is 0 Å². The van der Waals surface area contributed by atoms with Gasteiger partial charge in [-0.1, -0.05) is 11.6 Å². The van der Waals surface area contributed by atoms with Crippen LogP contribution in [0.25, 0.3) is 10.1 Å². The van der Waals surface area contributed by atoms with Crippen molar-refractivity contribution in [2.45, 2.75) is 0 Å². The van der Waals surface area contributed by atoms with E-state index in [-0.39, 0.29) is 0 Å². The molecule has 0 aliphatic heterocycles. The molecular formula is C8H7ClN2S. The molecule has 0 bridgehead atoms. The highest BCUT2D eigenvalue weighted by atomic mass is 35.5. The second kappa shape index (κ2) is 2.54. The van der Waals surface area contributed by atoms with Gasteiger partial charge in [-0.25, -0.2) is 0 Å². The minimum atomic E-state index is 0.665. The summed E-state index contributed by atoms with van der Waals surface area (Å²) >= 11 is 7.47. The number of nitrogens with two attached hydrogens (primary N) is 2. The van der Waals surface area contributed by atoms with E-state index in [0.717, 1.165) is 15.8 Å². The molecule has 1 aromatic heterocycles. The highest BCUT2D eigenvalue weighted by Crippen LogP contribution is 2.37. The van der Waals surface area contributed by atoms with E-state index in [1.165, 1.54) is 11.3 Å². The van der Waals surface area contributed by atoms with E-state index in [2.05, 4.69) is 0 Å². The summed E-state index contributed by atoms with van der Waals surface area (Å²) in [5.41, 5.74) is 12.9. The summed E-state index contributed by atoms with van der Waals surface area (Å²) < 4.78 is 0.972. The number of hydrogen-bond acceptors (Lipinski definition) is 3. The lowest BCUT2D eigenvalue weighted by Gasteiger charge is -1.98. The number of fused-ring (bicyclic) bond motifs is 1. The van der Waals surface area contributed by atoms with E-state index >= 15 is 0 Å². The Kier molecular flexibility index (Phi) is 1.63. The van der Waals surface area contributed by atoms with Crippen molar-refractivity contribution < 1.29 is 0 Å². The number of hydrogen-bond donors (Lipinski definition) is 2. The molecule has 2 rings (SSSR count). The van der Waals surface area contributed by atoms with Gasteiger partial charge in [0.25, 0.3) is 0 Å². The maximum absolute atomic E-state index is 5.95. The van der Waals surface area contributed by atoms with E-state index in [9.17, 15) is 0 Å². The minimum Gasteiger partial charge on any atom is -0.398 e. The third-order valence-corrected chi connectivity index (χ3v) is 3.09. The molecule has 0 radical (unpaired) electrons. The van der Waals surface area contributed by atoms with Crippen molar-refractivity contribution in [1.82, 2.24) is 0 Å². The van der Waals surface area contributed by atoms with E-state index in [1.807, 2.05) is 5.38 Å². The molecule has 0 aliphatic rings. The van der Waals surface area contributed by atoms with E-state index in [1.54, 1.807) is 12.1 Å². The number of nitrogen functional groups attached to an aromatic ring is 2. The lowest BCUT2D eigenvalue weighted by Crippen LogP contribution is -1.86. The Morgan fingerprint density at radius 3 is 2.58 bits per heavy atom. The predicted octanol–water partition coefficient (Wildman–Crippen LogP) is 2.72. The minimum absolute atomic E-state index is 0.665. The SMILES string of the molecule is Nc1ccc(Cl)c2c(N)csc12. The van der Waals surface area contributed by atoms with Gasteiger partial charge in [0, 0.05) is 16.5 Å². The zero-order chi connectivity index (χ0) is 8.72. The highest BCUT2D eigenvalue weighted by Gasteiger charge is 2.07. The van der Waals surface area contributed by atoms with Crippen LogP contribution in [-0.2, 0) is 0 Å². The number of thiophene rings is 1. The van der Waals surface area contributed by atoms with Crippen LogP contribution < -0.4 is 11.5 Å². The molecule has 1 aromatic carbocycles. The standard InChI is InChI=1S/C8H7ClN2S/c9-4-1-2-5(10)8-7(4)6(11)3-12-8/h1-3H,10-11H2. The molecule has 0 fully saturated rings. The molecule has 12 heavy (non-hydrogen) atoms. The fourth-order valence-electron chi connectivity index (χ4n) is 1.15. The number of benzene rings is 1. The first-order chi connectivity index (χ1) is 5.70. The molecule has 62 valence electrons. The van der Waals surface area contributed by atoms with Crippen molar-refractivity contribution in [1.29, 1.82) is 0 Å². The van der Waals surface area contributed by atoms with Gasteiger partial charge >= 0.3 is 0 Å². The molecular weight excluding hydrogens is 192 g/mol. The average Bonchev–Trinajstić information content (AvgIpc) is 2.42. The van der Waals surface area contributed by atoms with Crippen LogP contribution in [-0.4, -0.2) is 0 Å². The molecule has 0 unspecified atom stereocenters. The maximum Gasteiger partial charge on any atom is 0.0608 e. The zero-order valence-corrected chi connectivity index (χ0v) is 7.75. The summed E-state index contributed by atoms with van der Waals surface area (Å²) in [6.45, 7) is 0. The van der Waals surface area contributed by atoms with Crippen LogP contribution in [0.2, 0.25) is 5.02 Å². The normalized spacial score (nSPS) is 10.8. The first kappa shape index (κ1) is 7.71. The number of anilines is 2. The molecule has 0 saturated heterocycles. The first-order valence-corrected chi connectivity index (χ1v) is 4.66. The lowest BCUT2D eigenvalue weighted by atomic mass is 10.2. The van der Waals surface area contributed by atoms with Crippen LogP contribution >= 0.6 is 22.9 Å². The number of rotatable bonds is 0. The summed E-state index contributed by atoms with van der Waals surface area (Å²) in [4.78, 5) is 0. The molecule has 0 spiro atoms. The maximum atomic E-state index is 5.95. The summed E-state index contributed by atoms with van der Waals surface area (Å²) in [5, 5.41) is 3.40. The topological polar surface area (TPSA) is 52.0 Å². The summed E-state index contributed by atoms with van der Waals surface area (Å²) in [7, 11) is 0. The third-order valence-electron chi connectivity index (χ3n) is 1.73. The van der Waals surface area contributed by atoms with Crippen molar-refractivity contribution in [2.75, 3.05) is 11.5 Å². The van der Waals surface area contributed by atoms with Gasteiger partial charge < -0.3 is 11.5 Å². The Bertz CT molecular complexity index is 436. The smallest absolute Gasteiger partial charge is 0.0608 e. The quantitative estimate of drug-likeness (QED) is 0.640. The Labute approximate surface area is 78.7 Å². The Hall–Kier alpha value is -0.930. The van der Waals surface area contributed by atoms with Crippen LogP contribution in [0, 0.1) is 0 Å². The van der Waals surface area contributed by atoms with E-state index in [4.69, 9.17) is 23.1 Å². The molecule has 0 amide bonds. The molecule has 0 saturated carbocycles. The fourth-order valence-corrected chi connectivity index (χ4v) is 2.39. The fraction of sp³-hybridized carbons (Fsp3) is 0. The molecule has 4 heteroatoms. The Morgan fingerprint density at radius 1 is 1.17 bits per heavy atom. The monoisotopic (exact) mass is 198 g/mol. The predicted molar refractivity (Wildman–Crippen MR) is 55.7 cm³/mol. The largest absolute Gasteiger partial charge is 0.398 e. The molecule has 1 heterocycles. The van der Waals surface area contributed by atoms with Gasteiger partial charge in [-0.3, -0.25) is 0 Å². The van der Waals surface area contributed by atoms with Crippen molar-refractivity contribution in [2.24, 2.45) is 0 Å². The van der Waals surface area contributed by atoms with Crippen LogP contribution in [0.15, 0.2) is 17.5 Å². The second-order valence-corrected chi connectivity index (χ2v) is 3.82. The van der Waals surface area contributed by atoms with Gasteiger partial charge in [-0.15, -0.1) is 11.3 Å². The van der Waals surface area contributed by atoms with Crippen LogP contribution in [0.1, 0.15) is 0 Å². The van der Waals surface area contributed by atoms with Crippen LogP contribution in [0.5, 0.6) is 0 Å². The summed E-state index contributed by atoms with van der Waals surface area (Å²) in [5.74, 6) is 0. The van der Waals surface area contributed by atoms with Crippen LogP contribution in [0.4, 0.5) is 11.4 Å². The third kappa shape index (κ3) is 0.940. The van der Waals surface area contributed by atoms with Crippen LogP contribution in [0.3, 0.4) is 0 Å². The highest BCUT2D eigenvalue weighted by molar-refractivity contribution is 7.18. The van der Waals surface area contributed by atoms with Gasteiger partial charge in [0.1, 0.15) is 0 Å². The molecule has 2 aromatic rings. The van der Waals surface area contributed by atoms with E-state index < -0.39 is 0 Å². The van der Waals surface area contributed by atoms with Gasteiger partial charge in [0.05, 0.1) is 15.4 Å². The second-order valence-electron chi connectivity index (χ2n) is 2.53. The van der Waals surface area contributed by atoms with Crippen molar-refractivity contribution in [3.63, 3.8) is 0 Å². The lowest BCUT2D eigenvalue weighted by molar-refractivity contribution is 1.79. The molecule has 0 atom stereocenters. The van der Waals surface area contributed by atoms with E-state index in [0.29, 0.717) is 10.7 Å². The molecule has 2 nitrogen and oxygen atoms in total. The first-order valence-electron chi connectivity index (χ1n) is 3.41. The zero-order valence-electron chi connectivity index (χ0n) is 6.17. The Balaban J connectivity index is 2.98.